The second-order valence-electron chi connectivity index (χ2n) is 12.3. The Kier molecular flexibility index (Phi) is 7.05. The number of nitrogens with one attached hydrogen (secondary N) is 1. The molecule has 0 bridgehead atoms. The molecule has 2 N–H and O–H groups in total. The van der Waals surface area contributed by atoms with Gasteiger partial charge in [0.2, 0.25) is 5.91 Å². The Labute approximate surface area is 195 Å². The zero-order valence-corrected chi connectivity index (χ0v) is 21.3. The average molecular weight is 468 g/mol. The largest absolute Gasteiger partial charge is 0.355 e. The van der Waals surface area contributed by atoms with Gasteiger partial charge in [0.05, 0.1) is 5.75 Å². The highest BCUT2D eigenvalue weighted by Crippen LogP contribution is 2.68. The van der Waals surface area contributed by atoms with Crippen LogP contribution < -0.4 is 5.32 Å². The van der Waals surface area contributed by atoms with Crippen LogP contribution in [0.25, 0.3) is 0 Å². The van der Waals surface area contributed by atoms with Crippen molar-refractivity contribution in [2.75, 3.05) is 12.3 Å². The van der Waals surface area contributed by atoms with Crippen LogP contribution in [0.15, 0.2) is 0 Å². The van der Waals surface area contributed by atoms with Crippen molar-refractivity contribution in [3.63, 3.8) is 0 Å². The lowest BCUT2D eigenvalue weighted by molar-refractivity contribution is -0.122. The molecule has 0 aromatic heterocycles. The molecule has 1 amide bonds. The fourth-order valence-electron chi connectivity index (χ4n) is 9.24. The summed E-state index contributed by atoms with van der Waals surface area (Å²) >= 11 is 0. The summed E-state index contributed by atoms with van der Waals surface area (Å²) in [5.41, 5.74) is 1.01. The summed E-state index contributed by atoms with van der Waals surface area (Å²) in [7, 11) is -4.02. The monoisotopic (exact) mass is 467 g/mol. The third kappa shape index (κ3) is 4.64. The molecule has 4 aliphatic carbocycles. The average Bonchev–Trinajstić information content (AvgIpc) is 3.08. The minimum Gasteiger partial charge on any atom is -0.355 e. The van der Waals surface area contributed by atoms with Crippen LogP contribution in [0.2, 0.25) is 0 Å². The molecule has 6 heteroatoms. The topological polar surface area (TPSA) is 83.5 Å². The van der Waals surface area contributed by atoms with Gasteiger partial charge in [0.1, 0.15) is 0 Å². The molecule has 0 aromatic rings. The van der Waals surface area contributed by atoms with Gasteiger partial charge in [-0.1, -0.05) is 33.6 Å². The maximum absolute atomic E-state index is 12.2. The molecule has 1 unspecified atom stereocenters. The fourth-order valence-corrected chi connectivity index (χ4v) is 9.60. The first-order chi connectivity index (χ1) is 15.0. The number of hydrogen-bond acceptors (Lipinski definition) is 3. The summed E-state index contributed by atoms with van der Waals surface area (Å²) in [6.45, 7) is 7.53. The molecule has 4 fully saturated rings. The highest BCUT2D eigenvalue weighted by molar-refractivity contribution is 7.85. The van der Waals surface area contributed by atoms with Crippen LogP contribution in [-0.4, -0.2) is 31.2 Å². The first-order valence-electron chi connectivity index (χ1n) is 13.3. The van der Waals surface area contributed by atoms with E-state index in [0.717, 1.165) is 30.1 Å². The lowest BCUT2D eigenvalue weighted by Crippen LogP contribution is -2.53. The number of hydrogen-bond donors (Lipinski definition) is 2. The van der Waals surface area contributed by atoms with Crippen molar-refractivity contribution in [1.82, 2.24) is 5.32 Å². The highest BCUT2D eigenvalue weighted by atomic mass is 32.2. The van der Waals surface area contributed by atoms with E-state index in [4.69, 9.17) is 4.55 Å². The first-order valence-corrected chi connectivity index (χ1v) is 14.9. The van der Waals surface area contributed by atoms with Crippen molar-refractivity contribution in [2.45, 2.75) is 97.8 Å². The van der Waals surface area contributed by atoms with Crippen LogP contribution in [-0.2, 0) is 14.9 Å². The zero-order chi connectivity index (χ0) is 23.1. The van der Waals surface area contributed by atoms with E-state index in [-0.39, 0.29) is 12.5 Å². The lowest BCUT2D eigenvalue weighted by atomic mass is 9.44. The van der Waals surface area contributed by atoms with Crippen LogP contribution in [0.3, 0.4) is 0 Å². The molecule has 0 aromatic carbocycles. The summed E-state index contributed by atoms with van der Waals surface area (Å²) in [5, 5.41) is 2.64. The predicted molar refractivity (Wildman–Crippen MR) is 128 cm³/mol. The predicted octanol–water partition coefficient (Wildman–Crippen LogP) is 5.46. The Balaban J connectivity index is 1.35. The van der Waals surface area contributed by atoms with Crippen molar-refractivity contribution < 1.29 is 17.8 Å². The Hall–Kier alpha value is -0.620. The van der Waals surface area contributed by atoms with E-state index >= 15 is 0 Å². The summed E-state index contributed by atoms with van der Waals surface area (Å²) in [6.07, 6.45) is 15.4. The minimum absolute atomic E-state index is 0.0158. The summed E-state index contributed by atoms with van der Waals surface area (Å²) in [4.78, 5) is 12.2. The van der Waals surface area contributed by atoms with Crippen LogP contribution in [0.5, 0.6) is 0 Å². The summed E-state index contributed by atoms with van der Waals surface area (Å²) < 4.78 is 30.5. The van der Waals surface area contributed by atoms with Crippen LogP contribution in [0.4, 0.5) is 0 Å². The maximum atomic E-state index is 12.2. The molecule has 0 heterocycles. The summed E-state index contributed by atoms with van der Waals surface area (Å²) in [5.74, 6) is 4.35. The van der Waals surface area contributed by atoms with Crippen molar-refractivity contribution in [3.05, 3.63) is 0 Å². The van der Waals surface area contributed by atoms with Crippen molar-refractivity contribution in [2.24, 2.45) is 46.3 Å². The highest BCUT2D eigenvalue weighted by Gasteiger charge is 2.60. The van der Waals surface area contributed by atoms with E-state index in [2.05, 4.69) is 26.1 Å². The molecule has 0 saturated heterocycles. The van der Waals surface area contributed by atoms with Crippen LogP contribution in [0, 0.1) is 46.3 Å². The number of carbonyl (C=O) groups is 1. The second kappa shape index (κ2) is 9.20. The van der Waals surface area contributed by atoms with E-state index < -0.39 is 15.9 Å². The van der Waals surface area contributed by atoms with E-state index in [0.29, 0.717) is 29.1 Å². The maximum Gasteiger partial charge on any atom is 0.266 e. The minimum atomic E-state index is -4.02. The van der Waals surface area contributed by atoms with Gasteiger partial charge in [-0.15, -0.1) is 0 Å². The molecule has 8 atom stereocenters. The standard InChI is InChI=1S/C26H45NO4S/c1-18(7-12-24(28)27-16-17-32(29,30)31)21-10-11-22-20-9-8-19-6-4-5-14-25(19,2)23(20)13-15-26(21,22)3/h18-23H,4-17H2,1-3H3,(H,27,28)(H,29,30,31)/t18-,19?,20+,21-,22+,23+,25+,26-/m1/s1. The van der Waals surface area contributed by atoms with Gasteiger partial charge in [-0.3, -0.25) is 9.35 Å². The molecular weight excluding hydrogens is 422 g/mol. The third-order valence-electron chi connectivity index (χ3n) is 10.9. The van der Waals surface area contributed by atoms with Crippen molar-refractivity contribution in [3.8, 4) is 0 Å². The van der Waals surface area contributed by atoms with E-state index in [1.807, 2.05) is 0 Å². The summed E-state index contributed by atoms with van der Waals surface area (Å²) in [6, 6.07) is 0. The fraction of sp³-hybridized carbons (Fsp3) is 0.962. The molecule has 32 heavy (non-hydrogen) atoms. The van der Waals surface area contributed by atoms with E-state index in [1.54, 1.807) is 0 Å². The smallest absolute Gasteiger partial charge is 0.266 e. The Morgan fingerprint density at radius 2 is 1.75 bits per heavy atom. The Morgan fingerprint density at radius 1 is 1.00 bits per heavy atom. The molecule has 0 radical (unpaired) electrons. The van der Waals surface area contributed by atoms with Gasteiger partial charge in [0, 0.05) is 13.0 Å². The number of fused-ring (bicyclic) bond motifs is 5. The van der Waals surface area contributed by atoms with Gasteiger partial charge in [-0.05, 0) is 104 Å². The third-order valence-corrected chi connectivity index (χ3v) is 11.6. The van der Waals surface area contributed by atoms with Crippen LogP contribution in [0.1, 0.15) is 97.8 Å². The molecule has 4 saturated carbocycles. The van der Waals surface area contributed by atoms with E-state index in [9.17, 15) is 13.2 Å². The van der Waals surface area contributed by atoms with Crippen molar-refractivity contribution >= 4 is 16.0 Å². The SMILES string of the molecule is C[C@H](CCC(=O)NCCS(=O)(=O)O)[C@H]1CC[C@H]2[C@@H]3CCC4CCCC[C@]4(C)[C@H]3CC[C@]12C. The quantitative estimate of drug-likeness (QED) is 0.487. The molecular formula is C26H45NO4S. The van der Waals surface area contributed by atoms with Gasteiger partial charge in [0.15, 0.2) is 0 Å². The van der Waals surface area contributed by atoms with Gasteiger partial charge < -0.3 is 5.32 Å². The Bertz CT molecular complexity index is 798. The second-order valence-corrected chi connectivity index (χ2v) is 13.9. The normalized spacial score (nSPS) is 42.4. The number of amides is 1. The molecule has 0 spiro atoms. The van der Waals surface area contributed by atoms with Gasteiger partial charge in [0.25, 0.3) is 10.1 Å². The molecule has 0 aliphatic heterocycles. The number of rotatable bonds is 7. The Morgan fingerprint density at radius 3 is 2.50 bits per heavy atom. The van der Waals surface area contributed by atoms with Crippen molar-refractivity contribution in [1.29, 1.82) is 0 Å². The van der Waals surface area contributed by atoms with Gasteiger partial charge in [-0.25, -0.2) is 0 Å². The molecule has 184 valence electrons. The van der Waals surface area contributed by atoms with Gasteiger partial charge >= 0.3 is 0 Å². The number of carbonyl (C=O) groups excluding carboxylic acids is 1. The molecule has 4 aliphatic rings. The molecule has 4 rings (SSSR count). The van der Waals surface area contributed by atoms with Gasteiger partial charge in [-0.2, -0.15) is 8.42 Å². The van der Waals surface area contributed by atoms with Crippen LogP contribution >= 0.6 is 0 Å². The first kappa shape index (κ1) is 24.5. The lowest BCUT2D eigenvalue weighted by Gasteiger charge is -2.61. The zero-order valence-electron chi connectivity index (χ0n) is 20.4. The van der Waals surface area contributed by atoms with E-state index in [1.165, 1.54) is 64.2 Å². The molecule has 5 nitrogen and oxygen atoms in total.